The Balaban J connectivity index is 2.11. The minimum atomic E-state index is -0.381. The number of fused-ring (bicyclic) bond motifs is 4. The van der Waals surface area contributed by atoms with Gasteiger partial charge in [0.25, 0.3) is 0 Å². The summed E-state index contributed by atoms with van der Waals surface area (Å²) in [6, 6.07) is 18.9. The molecule has 2 heteroatoms. The highest BCUT2D eigenvalue weighted by atomic mass is 16.5. The van der Waals surface area contributed by atoms with E-state index in [0.29, 0.717) is 0 Å². The summed E-state index contributed by atoms with van der Waals surface area (Å²) in [6.07, 6.45) is 2.18. The number of rotatable bonds is 0. The molecule has 0 spiro atoms. The second-order valence-electron chi connectivity index (χ2n) is 5.70. The van der Waals surface area contributed by atoms with Crippen LogP contribution in [0.4, 0.5) is 0 Å². The van der Waals surface area contributed by atoms with Crippen LogP contribution in [-0.2, 0) is 5.72 Å². The number of para-hydroxylation sites is 1. The molecule has 1 aromatic heterocycles. The van der Waals surface area contributed by atoms with E-state index in [4.69, 9.17) is 4.74 Å². The van der Waals surface area contributed by atoms with Crippen LogP contribution < -0.4 is 9.30 Å². The van der Waals surface area contributed by atoms with Crippen LogP contribution in [0.1, 0.15) is 13.8 Å². The monoisotopic (exact) mass is 262 g/mol. The van der Waals surface area contributed by atoms with Gasteiger partial charge in [-0.15, -0.1) is 0 Å². The van der Waals surface area contributed by atoms with Crippen LogP contribution in [0.15, 0.2) is 60.8 Å². The van der Waals surface area contributed by atoms with Crippen molar-refractivity contribution in [3.8, 4) is 17.0 Å². The third-order valence-electron chi connectivity index (χ3n) is 3.92. The Morgan fingerprint density at radius 3 is 2.45 bits per heavy atom. The number of nitrogens with zero attached hydrogens (tertiary/aromatic N) is 1. The number of aromatic nitrogens is 1. The molecule has 2 nitrogen and oxygen atoms in total. The standard InChI is InChI=1S/C18H16NO/c1-18(2)19-12-14-8-4-3-7-13(14)11-16(19)15-9-5-6-10-17(15)20-18/h3-12H,1-2H3/q+1. The fourth-order valence-corrected chi connectivity index (χ4v) is 2.92. The largest absolute Gasteiger partial charge is 0.431 e. The lowest BCUT2D eigenvalue weighted by Gasteiger charge is -2.28. The molecule has 0 bridgehead atoms. The summed E-state index contributed by atoms with van der Waals surface area (Å²) in [6.45, 7) is 4.20. The van der Waals surface area contributed by atoms with Crippen molar-refractivity contribution >= 4 is 10.8 Å². The van der Waals surface area contributed by atoms with Gasteiger partial charge >= 0.3 is 5.72 Å². The number of pyridine rings is 1. The smallest absolute Gasteiger partial charge is 0.305 e. The van der Waals surface area contributed by atoms with Crippen molar-refractivity contribution in [2.24, 2.45) is 0 Å². The zero-order chi connectivity index (χ0) is 13.7. The summed E-state index contributed by atoms with van der Waals surface area (Å²) in [5, 5.41) is 2.48. The Kier molecular flexibility index (Phi) is 2.19. The molecule has 20 heavy (non-hydrogen) atoms. The highest BCUT2D eigenvalue weighted by Gasteiger charge is 2.39. The maximum atomic E-state index is 6.16. The first-order chi connectivity index (χ1) is 9.65. The molecular formula is C18H16NO+. The van der Waals surface area contributed by atoms with Crippen molar-refractivity contribution in [1.29, 1.82) is 0 Å². The molecule has 3 aromatic rings. The summed E-state index contributed by atoms with van der Waals surface area (Å²) in [7, 11) is 0. The Bertz CT molecular complexity index is 821. The fourth-order valence-electron chi connectivity index (χ4n) is 2.92. The lowest BCUT2D eigenvalue weighted by atomic mass is 10.0. The Morgan fingerprint density at radius 1 is 0.900 bits per heavy atom. The number of benzene rings is 2. The van der Waals surface area contributed by atoms with Crippen molar-refractivity contribution in [2.75, 3.05) is 0 Å². The first-order valence-electron chi connectivity index (χ1n) is 6.88. The van der Waals surface area contributed by atoms with Gasteiger partial charge in [0.2, 0.25) is 5.69 Å². The molecule has 0 saturated carbocycles. The van der Waals surface area contributed by atoms with Gasteiger partial charge in [0, 0.05) is 25.3 Å². The lowest BCUT2D eigenvalue weighted by Crippen LogP contribution is -2.59. The molecule has 1 aliphatic rings. The summed E-state index contributed by atoms with van der Waals surface area (Å²) < 4.78 is 8.38. The minimum Gasteiger partial charge on any atom is -0.431 e. The third-order valence-corrected chi connectivity index (χ3v) is 3.92. The number of ether oxygens (including phenoxy) is 1. The first-order valence-corrected chi connectivity index (χ1v) is 6.88. The van der Waals surface area contributed by atoms with Crippen molar-refractivity contribution in [3.05, 3.63) is 60.8 Å². The zero-order valence-corrected chi connectivity index (χ0v) is 11.6. The van der Waals surface area contributed by atoms with E-state index < -0.39 is 0 Å². The van der Waals surface area contributed by atoms with Gasteiger partial charge in [-0.05, 0) is 23.6 Å². The normalized spacial score (nSPS) is 15.3. The van der Waals surface area contributed by atoms with E-state index in [-0.39, 0.29) is 5.72 Å². The van der Waals surface area contributed by atoms with Gasteiger partial charge in [-0.1, -0.05) is 30.3 Å². The van der Waals surface area contributed by atoms with E-state index in [1.165, 1.54) is 16.5 Å². The Labute approximate surface area is 118 Å². The van der Waals surface area contributed by atoms with E-state index in [9.17, 15) is 0 Å². The molecule has 4 rings (SSSR count). The summed E-state index contributed by atoms with van der Waals surface area (Å²) in [4.78, 5) is 0. The molecule has 0 saturated heterocycles. The second-order valence-corrected chi connectivity index (χ2v) is 5.70. The molecule has 0 atom stereocenters. The Morgan fingerprint density at radius 2 is 1.60 bits per heavy atom. The van der Waals surface area contributed by atoms with Crippen molar-refractivity contribution in [1.82, 2.24) is 0 Å². The van der Waals surface area contributed by atoms with Crippen LogP contribution in [0.25, 0.3) is 22.0 Å². The van der Waals surface area contributed by atoms with Gasteiger partial charge in [0.15, 0.2) is 6.20 Å². The fraction of sp³-hybridized carbons (Fsp3) is 0.167. The molecule has 0 unspecified atom stereocenters. The molecule has 98 valence electrons. The van der Waals surface area contributed by atoms with Crippen molar-refractivity contribution < 1.29 is 9.30 Å². The maximum Gasteiger partial charge on any atom is 0.305 e. The molecule has 2 aromatic carbocycles. The van der Waals surface area contributed by atoms with Crippen molar-refractivity contribution in [2.45, 2.75) is 19.6 Å². The first kappa shape index (κ1) is 11.5. The van der Waals surface area contributed by atoms with E-state index >= 15 is 0 Å². The summed E-state index contributed by atoms with van der Waals surface area (Å²) in [5.74, 6) is 0.952. The van der Waals surface area contributed by atoms with Crippen LogP contribution in [0, 0.1) is 0 Å². The Hall–Kier alpha value is -2.35. The van der Waals surface area contributed by atoms with Crippen molar-refractivity contribution in [3.63, 3.8) is 0 Å². The number of hydrogen-bond acceptors (Lipinski definition) is 1. The molecule has 0 amide bonds. The van der Waals surface area contributed by atoms with Crippen LogP contribution in [0.2, 0.25) is 0 Å². The second kappa shape index (κ2) is 3.83. The van der Waals surface area contributed by atoms with Crippen LogP contribution in [-0.4, -0.2) is 0 Å². The molecule has 0 fully saturated rings. The molecule has 0 radical (unpaired) electrons. The summed E-state index contributed by atoms with van der Waals surface area (Å²) in [5.41, 5.74) is 1.97. The third kappa shape index (κ3) is 1.54. The lowest BCUT2D eigenvalue weighted by molar-refractivity contribution is -0.785. The predicted octanol–water partition coefficient (Wildman–Crippen LogP) is 3.88. The number of hydrogen-bond donors (Lipinski definition) is 0. The van der Waals surface area contributed by atoms with Gasteiger partial charge in [-0.3, -0.25) is 0 Å². The van der Waals surface area contributed by atoms with Gasteiger partial charge in [0.1, 0.15) is 5.75 Å². The van der Waals surface area contributed by atoms with Gasteiger partial charge in [0.05, 0.1) is 5.56 Å². The summed E-state index contributed by atoms with van der Waals surface area (Å²) >= 11 is 0. The SMILES string of the molecule is CC1(C)Oc2ccccc2-c2cc3ccccc3c[n+]21. The quantitative estimate of drug-likeness (QED) is 0.560. The zero-order valence-electron chi connectivity index (χ0n) is 11.6. The average molecular weight is 262 g/mol. The van der Waals surface area contributed by atoms with Crippen LogP contribution in [0.3, 0.4) is 0 Å². The minimum absolute atomic E-state index is 0.381. The van der Waals surface area contributed by atoms with Crippen LogP contribution in [0.5, 0.6) is 5.75 Å². The molecule has 0 N–H and O–H groups in total. The topological polar surface area (TPSA) is 13.1 Å². The predicted molar refractivity (Wildman–Crippen MR) is 79.5 cm³/mol. The molecule has 1 aliphatic heterocycles. The van der Waals surface area contributed by atoms with Gasteiger partial charge in [-0.2, -0.15) is 4.57 Å². The van der Waals surface area contributed by atoms with E-state index in [2.05, 4.69) is 67.1 Å². The highest BCUT2D eigenvalue weighted by Crippen LogP contribution is 2.36. The molecule has 0 aliphatic carbocycles. The van der Waals surface area contributed by atoms with E-state index in [1.54, 1.807) is 0 Å². The van der Waals surface area contributed by atoms with E-state index in [1.807, 2.05) is 12.1 Å². The average Bonchev–Trinajstić information content (AvgIpc) is 2.45. The molecule has 2 heterocycles. The van der Waals surface area contributed by atoms with Gasteiger partial charge < -0.3 is 4.74 Å². The van der Waals surface area contributed by atoms with Gasteiger partial charge in [-0.25, -0.2) is 0 Å². The maximum absolute atomic E-state index is 6.16. The molecular weight excluding hydrogens is 246 g/mol. The highest BCUT2D eigenvalue weighted by molar-refractivity contribution is 5.84. The van der Waals surface area contributed by atoms with Crippen LogP contribution >= 0.6 is 0 Å². The van der Waals surface area contributed by atoms with E-state index in [0.717, 1.165) is 11.3 Å².